The van der Waals surface area contributed by atoms with Crippen molar-refractivity contribution in [3.8, 4) is 5.75 Å². The number of hydrogen-bond acceptors (Lipinski definition) is 2. The van der Waals surface area contributed by atoms with Gasteiger partial charge >= 0.3 is 0 Å². The van der Waals surface area contributed by atoms with Gasteiger partial charge in [0.2, 0.25) is 0 Å². The SMILES string of the molecule is CC(=O)c1ccc(Br)cc1OCc1ccccc1. The minimum Gasteiger partial charge on any atom is -0.488 e. The maximum Gasteiger partial charge on any atom is 0.163 e. The number of hydrogen-bond donors (Lipinski definition) is 0. The molecule has 0 atom stereocenters. The quantitative estimate of drug-likeness (QED) is 0.790. The number of Topliss-reactive ketones (excluding diaryl/α,β-unsaturated/α-hetero) is 1. The van der Waals surface area contributed by atoms with Crippen LogP contribution in [0.2, 0.25) is 0 Å². The average Bonchev–Trinajstić information content (AvgIpc) is 2.37. The van der Waals surface area contributed by atoms with Crippen LogP contribution < -0.4 is 4.74 Å². The van der Waals surface area contributed by atoms with Gasteiger partial charge in [0.25, 0.3) is 0 Å². The van der Waals surface area contributed by atoms with Crippen LogP contribution in [0.25, 0.3) is 0 Å². The van der Waals surface area contributed by atoms with Crippen molar-refractivity contribution in [2.45, 2.75) is 13.5 Å². The fourth-order valence-electron chi connectivity index (χ4n) is 1.64. The van der Waals surface area contributed by atoms with Crippen molar-refractivity contribution in [2.24, 2.45) is 0 Å². The molecule has 0 aromatic heterocycles. The number of ketones is 1. The Morgan fingerprint density at radius 3 is 2.56 bits per heavy atom. The predicted octanol–water partition coefficient (Wildman–Crippen LogP) is 4.23. The summed E-state index contributed by atoms with van der Waals surface area (Å²) < 4.78 is 6.61. The number of carbonyl (C=O) groups excluding carboxylic acids is 1. The Morgan fingerprint density at radius 2 is 1.89 bits per heavy atom. The third-order valence-corrected chi connectivity index (χ3v) is 3.05. The Balaban J connectivity index is 2.18. The van der Waals surface area contributed by atoms with E-state index in [1.807, 2.05) is 42.5 Å². The Kier molecular flexibility index (Phi) is 4.15. The zero-order valence-corrected chi connectivity index (χ0v) is 11.6. The molecule has 0 aliphatic heterocycles. The first-order chi connectivity index (χ1) is 8.66. The monoisotopic (exact) mass is 304 g/mol. The maximum atomic E-state index is 11.5. The van der Waals surface area contributed by atoms with E-state index < -0.39 is 0 Å². The lowest BCUT2D eigenvalue weighted by molar-refractivity contribution is 0.101. The van der Waals surface area contributed by atoms with E-state index >= 15 is 0 Å². The van der Waals surface area contributed by atoms with Gasteiger partial charge in [-0.25, -0.2) is 0 Å². The van der Waals surface area contributed by atoms with Crippen molar-refractivity contribution < 1.29 is 9.53 Å². The van der Waals surface area contributed by atoms with Crippen LogP contribution in [0.5, 0.6) is 5.75 Å². The molecule has 92 valence electrons. The molecule has 0 heterocycles. The molecule has 0 bridgehead atoms. The minimum absolute atomic E-state index is 0.00515. The fraction of sp³-hybridized carbons (Fsp3) is 0.133. The van der Waals surface area contributed by atoms with Gasteiger partial charge < -0.3 is 4.74 Å². The summed E-state index contributed by atoms with van der Waals surface area (Å²) >= 11 is 3.38. The molecule has 0 radical (unpaired) electrons. The van der Waals surface area contributed by atoms with Gasteiger partial charge in [-0.3, -0.25) is 4.79 Å². The van der Waals surface area contributed by atoms with Crippen LogP contribution in [0, 0.1) is 0 Å². The van der Waals surface area contributed by atoms with Crippen molar-refractivity contribution in [1.29, 1.82) is 0 Å². The van der Waals surface area contributed by atoms with E-state index in [1.165, 1.54) is 0 Å². The van der Waals surface area contributed by atoms with Crippen LogP contribution in [-0.4, -0.2) is 5.78 Å². The summed E-state index contributed by atoms with van der Waals surface area (Å²) in [6.07, 6.45) is 0. The second kappa shape index (κ2) is 5.83. The van der Waals surface area contributed by atoms with E-state index in [1.54, 1.807) is 13.0 Å². The molecule has 0 aliphatic carbocycles. The van der Waals surface area contributed by atoms with E-state index in [0.717, 1.165) is 10.0 Å². The second-order valence-corrected chi connectivity index (χ2v) is 4.89. The molecule has 18 heavy (non-hydrogen) atoms. The van der Waals surface area contributed by atoms with Crippen molar-refractivity contribution >= 4 is 21.7 Å². The topological polar surface area (TPSA) is 26.3 Å². The molecule has 0 unspecified atom stereocenters. The van der Waals surface area contributed by atoms with Gasteiger partial charge in [-0.1, -0.05) is 46.3 Å². The Hall–Kier alpha value is -1.61. The largest absolute Gasteiger partial charge is 0.488 e. The standard InChI is InChI=1S/C15H13BrO2/c1-11(17)14-8-7-13(16)9-15(14)18-10-12-5-3-2-4-6-12/h2-9H,10H2,1H3. The molecule has 2 aromatic rings. The molecular formula is C15H13BrO2. The zero-order valence-electron chi connectivity index (χ0n) is 10.0. The van der Waals surface area contributed by atoms with Crippen molar-refractivity contribution in [3.05, 3.63) is 64.1 Å². The van der Waals surface area contributed by atoms with Gasteiger partial charge in [0, 0.05) is 4.47 Å². The van der Waals surface area contributed by atoms with E-state index in [2.05, 4.69) is 15.9 Å². The van der Waals surface area contributed by atoms with Gasteiger partial charge in [0.15, 0.2) is 5.78 Å². The lowest BCUT2D eigenvalue weighted by atomic mass is 10.1. The molecule has 0 saturated heterocycles. The van der Waals surface area contributed by atoms with Gasteiger partial charge in [0.1, 0.15) is 12.4 Å². The highest BCUT2D eigenvalue weighted by Gasteiger charge is 2.09. The molecular weight excluding hydrogens is 292 g/mol. The van der Waals surface area contributed by atoms with Crippen LogP contribution in [0.4, 0.5) is 0 Å². The number of carbonyl (C=O) groups is 1. The first-order valence-corrected chi connectivity index (χ1v) is 6.43. The van der Waals surface area contributed by atoms with Gasteiger partial charge in [-0.2, -0.15) is 0 Å². The van der Waals surface area contributed by atoms with Crippen molar-refractivity contribution in [3.63, 3.8) is 0 Å². The number of rotatable bonds is 4. The smallest absolute Gasteiger partial charge is 0.163 e. The zero-order chi connectivity index (χ0) is 13.0. The molecule has 0 N–H and O–H groups in total. The van der Waals surface area contributed by atoms with Crippen LogP contribution in [0.15, 0.2) is 53.0 Å². The lowest BCUT2D eigenvalue weighted by Crippen LogP contribution is -2.01. The van der Waals surface area contributed by atoms with Crippen LogP contribution >= 0.6 is 15.9 Å². The van der Waals surface area contributed by atoms with Crippen LogP contribution in [0.1, 0.15) is 22.8 Å². The summed E-state index contributed by atoms with van der Waals surface area (Å²) in [5.41, 5.74) is 1.68. The second-order valence-electron chi connectivity index (χ2n) is 3.97. The summed E-state index contributed by atoms with van der Waals surface area (Å²) in [7, 11) is 0. The van der Waals surface area contributed by atoms with Crippen LogP contribution in [-0.2, 0) is 6.61 Å². The summed E-state index contributed by atoms with van der Waals surface area (Å²) in [6, 6.07) is 15.3. The maximum absolute atomic E-state index is 11.5. The van der Waals surface area contributed by atoms with Crippen molar-refractivity contribution in [1.82, 2.24) is 0 Å². The highest BCUT2D eigenvalue weighted by atomic mass is 79.9. The predicted molar refractivity (Wildman–Crippen MR) is 74.9 cm³/mol. The highest BCUT2D eigenvalue weighted by Crippen LogP contribution is 2.25. The molecule has 0 amide bonds. The van der Waals surface area contributed by atoms with Gasteiger partial charge in [-0.15, -0.1) is 0 Å². The number of ether oxygens (including phenoxy) is 1. The van der Waals surface area contributed by atoms with Gasteiger partial charge in [-0.05, 0) is 30.7 Å². The Morgan fingerprint density at radius 1 is 1.17 bits per heavy atom. The Bertz CT molecular complexity index is 550. The molecule has 0 aliphatic rings. The van der Waals surface area contributed by atoms with E-state index in [0.29, 0.717) is 17.9 Å². The van der Waals surface area contributed by atoms with E-state index in [4.69, 9.17) is 4.74 Å². The molecule has 0 saturated carbocycles. The molecule has 2 nitrogen and oxygen atoms in total. The normalized spacial score (nSPS) is 10.1. The molecule has 0 spiro atoms. The third-order valence-electron chi connectivity index (χ3n) is 2.56. The van der Waals surface area contributed by atoms with Crippen LogP contribution in [0.3, 0.4) is 0 Å². The third kappa shape index (κ3) is 3.20. The Labute approximate surface area is 115 Å². The molecule has 3 heteroatoms. The molecule has 2 aromatic carbocycles. The summed E-state index contributed by atoms with van der Waals surface area (Å²) in [6.45, 7) is 2.00. The van der Waals surface area contributed by atoms with E-state index in [-0.39, 0.29) is 5.78 Å². The fourth-order valence-corrected chi connectivity index (χ4v) is 1.98. The number of benzene rings is 2. The molecule has 0 fully saturated rings. The summed E-state index contributed by atoms with van der Waals surface area (Å²) in [4.78, 5) is 11.5. The first-order valence-electron chi connectivity index (χ1n) is 5.64. The minimum atomic E-state index is 0.00515. The molecule has 2 rings (SSSR count). The van der Waals surface area contributed by atoms with E-state index in [9.17, 15) is 4.79 Å². The van der Waals surface area contributed by atoms with Crippen molar-refractivity contribution in [2.75, 3.05) is 0 Å². The summed E-state index contributed by atoms with van der Waals surface area (Å²) in [5, 5.41) is 0. The average molecular weight is 305 g/mol. The lowest BCUT2D eigenvalue weighted by Gasteiger charge is -2.10. The highest BCUT2D eigenvalue weighted by molar-refractivity contribution is 9.10. The number of halogens is 1. The van der Waals surface area contributed by atoms with Gasteiger partial charge in [0.05, 0.1) is 5.56 Å². The summed E-state index contributed by atoms with van der Waals surface area (Å²) in [5.74, 6) is 0.617. The first kappa shape index (κ1) is 12.8.